The van der Waals surface area contributed by atoms with Gasteiger partial charge in [0.25, 0.3) is 0 Å². The Labute approximate surface area is 181 Å². The summed E-state index contributed by atoms with van der Waals surface area (Å²) in [4.78, 5) is 13.2. The first-order valence-electron chi connectivity index (χ1n) is 9.00. The largest absolute Gasteiger partial charge is 0.357 e. The van der Waals surface area contributed by atoms with Crippen LogP contribution in [0.4, 0.5) is 5.13 Å². The molecule has 2 N–H and O–H groups in total. The molecule has 1 aliphatic heterocycles. The highest BCUT2D eigenvalue weighted by atomic mass is 127. The molecule has 5 nitrogen and oxygen atoms in total. The fourth-order valence-corrected chi connectivity index (χ4v) is 4.58. The van der Waals surface area contributed by atoms with Crippen molar-refractivity contribution < 1.29 is 0 Å². The van der Waals surface area contributed by atoms with E-state index in [0.717, 1.165) is 45.1 Å². The van der Waals surface area contributed by atoms with Gasteiger partial charge in [-0.1, -0.05) is 0 Å². The molecule has 8 heteroatoms. The summed E-state index contributed by atoms with van der Waals surface area (Å²) in [5.41, 5.74) is 2.49. The van der Waals surface area contributed by atoms with Crippen LogP contribution in [0.2, 0.25) is 0 Å². The summed E-state index contributed by atoms with van der Waals surface area (Å²) >= 11 is 3.54. The highest BCUT2D eigenvalue weighted by Gasteiger charge is 2.15. The Hall–Kier alpha value is -0.870. The average Bonchev–Trinajstić information content (AvgIpc) is 3.34. The SMILES string of the molecule is CCNC(=NCc1sccc1C)NCCc1csc(N2CCCC2)n1.I. The molecule has 0 saturated carbocycles. The Morgan fingerprint density at radius 2 is 2.08 bits per heavy atom. The molecule has 3 heterocycles. The Morgan fingerprint density at radius 1 is 1.27 bits per heavy atom. The maximum atomic E-state index is 4.78. The molecule has 0 spiro atoms. The second-order valence-corrected chi connectivity index (χ2v) is 8.05. The standard InChI is InChI=1S/C18H27N5S2.HI/c1-3-19-17(21-12-16-14(2)7-11-24-16)20-8-6-15-13-25-18(22-15)23-9-4-5-10-23;/h7,11,13H,3-6,8-10,12H2,1-2H3,(H2,19,20,21);1H. The topological polar surface area (TPSA) is 52.6 Å². The van der Waals surface area contributed by atoms with Crippen molar-refractivity contribution in [1.82, 2.24) is 15.6 Å². The summed E-state index contributed by atoms with van der Waals surface area (Å²) in [6.07, 6.45) is 3.51. The van der Waals surface area contributed by atoms with Crippen molar-refractivity contribution in [2.45, 2.75) is 39.7 Å². The number of halogens is 1. The van der Waals surface area contributed by atoms with Crippen LogP contribution >= 0.6 is 46.7 Å². The smallest absolute Gasteiger partial charge is 0.191 e. The van der Waals surface area contributed by atoms with Crippen LogP contribution in [0.1, 0.15) is 35.9 Å². The number of hydrogen-bond donors (Lipinski definition) is 2. The van der Waals surface area contributed by atoms with Crippen LogP contribution in [0.5, 0.6) is 0 Å². The lowest BCUT2D eigenvalue weighted by atomic mass is 10.3. The Bertz CT molecular complexity index is 691. The summed E-state index contributed by atoms with van der Waals surface area (Å²) < 4.78 is 0. The van der Waals surface area contributed by atoms with Crippen LogP contribution < -0.4 is 15.5 Å². The van der Waals surface area contributed by atoms with Crippen LogP contribution in [-0.4, -0.2) is 37.1 Å². The van der Waals surface area contributed by atoms with Gasteiger partial charge < -0.3 is 15.5 Å². The number of thiophene rings is 1. The molecule has 1 aliphatic rings. The van der Waals surface area contributed by atoms with E-state index in [2.05, 4.69) is 46.2 Å². The lowest BCUT2D eigenvalue weighted by Crippen LogP contribution is -2.38. The van der Waals surface area contributed by atoms with Crippen LogP contribution in [0.25, 0.3) is 0 Å². The zero-order valence-electron chi connectivity index (χ0n) is 15.5. The molecule has 1 fully saturated rings. The van der Waals surface area contributed by atoms with Gasteiger partial charge in [-0.05, 0) is 43.7 Å². The Balaban J connectivity index is 0.00000243. The van der Waals surface area contributed by atoms with E-state index in [1.807, 2.05) is 0 Å². The van der Waals surface area contributed by atoms with Gasteiger partial charge in [0, 0.05) is 42.9 Å². The molecule has 3 rings (SSSR count). The maximum Gasteiger partial charge on any atom is 0.191 e. The minimum Gasteiger partial charge on any atom is -0.357 e. The molecule has 1 saturated heterocycles. The van der Waals surface area contributed by atoms with E-state index >= 15 is 0 Å². The summed E-state index contributed by atoms with van der Waals surface area (Å²) in [5, 5.41) is 12.2. The number of guanidine groups is 1. The fourth-order valence-electron chi connectivity index (χ4n) is 2.83. The molecule has 0 atom stereocenters. The quantitative estimate of drug-likeness (QED) is 0.339. The Kier molecular flexibility index (Phi) is 9.13. The third kappa shape index (κ3) is 6.09. The van der Waals surface area contributed by atoms with E-state index in [9.17, 15) is 0 Å². The number of hydrogen-bond acceptors (Lipinski definition) is 5. The van der Waals surface area contributed by atoms with Gasteiger partial charge in [0.1, 0.15) is 0 Å². The summed E-state index contributed by atoms with van der Waals surface area (Å²) in [6, 6.07) is 2.15. The number of aliphatic imine (C=N–C) groups is 1. The van der Waals surface area contributed by atoms with Crippen molar-refractivity contribution in [2.24, 2.45) is 4.99 Å². The van der Waals surface area contributed by atoms with Gasteiger partial charge in [0.2, 0.25) is 0 Å². The number of anilines is 1. The lowest BCUT2D eigenvalue weighted by molar-refractivity contribution is 0.790. The molecule has 0 unspecified atom stereocenters. The molecule has 0 aromatic carbocycles. The zero-order chi connectivity index (χ0) is 17.5. The number of nitrogens with one attached hydrogen (secondary N) is 2. The second kappa shape index (κ2) is 11.1. The fraction of sp³-hybridized carbons (Fsp3) is 0.556. The number of aromatic nitrogens is 1. The molecular weight excluding hydrogens is 477 g/mol. The van der Waals surface area contributed by atoms with Gasteiger partial charge in [-0.3, -0.25) is 0 Å². The molecule has 144 valence electrons. The van der Waals surface area contributed by atoms with Crippen LogP contribution in [-0.2, 0) is 13.0 Å². The first-order valence-corrected chi connectivity index (χ1v) is 10.8. The number of nitrogens with zero attached hydrogens (tertiary/aromatic N) is 3. The molecular formula is C18H28IN5S2. The Morgan fingerprint density at radius 3 is 2.77 bits per heavy atom. The first kappa shape index (κ1) is 21.4. The molecule has 0 amide bonds. The predicted molar refractivity (Wildman–Crippen MR) is 125 cm³/mol. The normalized spacial score (nSPS) is 14.4. The van der Waals surface area contributed by atoms with Crippen LogP contribution in [0, 0.1) is 6.92 Å². The molecule has 2 aromatic heterocycles. The van der Waals surface area contributed by atoms with Gasteiger partial charge in [0.05, 0.1) is 12.2 Å². The molecule has 0 aliphatic carbocycles. The third-order valence-electron chi connectivity index (χ3n) is 4.28. The van der Waals surface area contributed by atoms with E-state index in [4.69, 9.17) is 9.98 Å². The van der Waals surface area contributed by atoms with E-state index < -0.39 is 0 Å². The van der Waals surface area contributed by atoms with Crippen molar-refractivity contribution in [3.63, 3.8) is 0 Å². The molecule has 0 radical (unpaired) electrons. The number of aryl methyl sites for hydroxylation is 1. The molecule has 26 heavy (non-hydrogen) atoms. The first-order chi connectivity index (χ1) is 12.3. The number of thiazole rings is 1. The van der Waals surface area contributed by atoms with Gasteiger partial charge >= 0.3 is 0 Å². The van der Waals surface area contributed by atoms with Crippen molar-refractivity contribution in [1.29, 1.82) is 0 Å². The average molecular weight is 505 g/mol. The molecule has 2 aromatic rings. The van der Waals surface area contributed by atoms with Crippen LogP contribution in [0.3, 0.4) is 0 Å². The zero-order valence-corrected chi connectivity index (χ0v) is 19.4. The highest BCUT2D eigenvalue weighted by Crippen LogP contribution is 2.24. The van der Waals surface area contributed by atoms with E-state index in [1.165, 1.54) is 34.1 Å². The van der Waals surface area contributed by atoms with E-state index in [-0.39, 0.29) is 24.0 Å². The third-order valence-corrected chi connectivity index (χ3v) is 6.24. The lowest BCUT2D eigenvalue weighted by Gasteiger charge is -2.12. The minimum atomic E-state index is 0. The number of rotatable bonds is 7. The predicted octanol–water partition coefficient (Wildman–Crippen LogP) is 4.03. The highest BCUT2D eigenvalue weighted by molar-refractivity contribution is 14.0. The van der Waals surface area contributed by atoms with Crippen molar-refractivity contribution in [3.05, 3.63) is 33.0 Å². The summed E-state index contributed by atoms with van der Waals surface area (Å²) in [7, 11) is 0. The van der Waals surface area contributed by atoms with Crippen molar-refractivity contribution in [2.75, 3.05) is 31.1 Å². The van der Waals surface area contributed by atoms with Gasteiger partial charge in [-0.15, -0.1) is 46.7 Å². The van der Waals surface area contributed by atoms with Gasteiger partial charge in [-0.25, -0.2) is 9.98 Å². The summed E-state index contributed by atoms with van der Waals surface area (Å²) in [5.74, 6) is 0.880. The molecule has 0 bridgehead atoms. The minimum absolute atomic E-state index is 0. The summed E-state index contributed by atoms with van der Waals surface area (Å²) in [6.45, 7) is 8.99. The van der Waals surface area contributed by atoms with Crippen molar-refractivity contribution in [3.8, 4) is 0 Å². The van der Waals surface area contributed by atoms with E-state index in [1.54, 1.807) is 22.7 Å². The van der Waals surface area contributed by atoms with Crippen LogP contribution in [0.15, 0.2) is 21.8 Å². The monoisotopic (exact) mass is 505 g/mol. The van der Waals surface area contributed by atoms with Crippen molar-refractivity contribution >= 4 is 57.7 Å². The van der Waals surface area contributed by atoms with Gasteiger partial charge in [-0.2, -0.15) is 0 Å². The van der Waals surface area contributed by atoms with Gasteiger partial charge in [0.15, 0.2) is 11.1 Å². The van der Waals surface area contributed by atoms with E-state index in [0.29, 0.717) is 0 Å². The maximum absolute atomic E-state index is 4.78. The second-order valence-electron chi connectivity index (χ2n) is 6.21.